The van der Waals surface area contributed by atoms with Gasteiger partial charge in [0, 0.05) is 5.92 Å². The van der Waals surface area contributed by atoms with Crippen molar-refractivity contribution in [3.63, 3.8) is 0 Å². The summed E-state index contributed by atoms with van der Waals surface area (Å²) < 4.78 is 35.1. The Morgan fingerprint density at radius 3 is 1.78 bits per heavy atom. The first-order valence-corrected chi connectivity index (χ1v) is 12.6. The predicted molar refractivity (Wildman–Crippen MR) is 115 cm³/mol. The number of hydrogen-bond acceptors (Lipinski definition) is 3. The van der Waals surface area contributed by atoms with E-state index in [1.807, 2.05) is 0 Å². The minimum absolute atomic E-state index is 0.0438. The third kappa shape index (κ3) is 21.8. The monoisotopic (exact) mass is 404 g/mol. The van der Waals surface area contributed by atoms with Crippen molar-refractivity contribution in [3.8, 4) is 0 Å². The Kier molecular flexibility index (Phi) is 18.7. The molecule has 0 bridgehead atoms. The van der Waals surface area contributed by atoms with Crippen molar-refractivity contribution in [2.45, 2.75) is 117 Å². The van der Waals surface area contributed by atoms with Crippen molar-refractivity contribution in [1.82, 2.24) is 0 Å². The molecule has 1 atom stereocenters. The molecule has 0 saturated carbocycles. The molecule has 0 spiro atoms. The molecule has 1 N–H and O–H groups in total. The second-order valence-electron chi connectivity index (χ2n) is 7.72. The van der Waals surface area contributed by atoms with Crippen molar-refractivity contribution in [3.05, 3.63) is 12.2 Å². The van der Waals surface area contributed by atoms with Gasteiger partial charge in [0.05, 0.1) is 6.61 Å². The molecule has 0 aromatic carbocycles. The van der Waals surface area contributed by atoms with Gasteiger partial charge in [-0.05, 0) is 19.3 Å². The topological polar surface area (TPSA) is 63.6 Å². The van der Waals surface area contributed by atoms with Crippen LogP contribution in [-0.4, -0.2) is 19.6 Å². The largest absolute Gasteiger partial charge is 0.397 e. The highest BCUT2D eigenvalue weighted by molar-refractivity contribution is 7.80. The normalized spacial score (nSPS) is 13.4. The SMILES string of the molecule is CCCCCCC/C=C/C(CCCCCCCCCCC)COS(=O)(=O)O. The summed E-state index contributed by atoms with van der Waals surface area (Å²) in [5.41, 5.74) is 0. The summed E-state index contributed by atoms with van der Waals surface area (Å²) in [7, 11) is -4.35. The number of unbranched alkanes of at least 4 members (excludes halogenated alkanes) is 13. The van der Waals surface area contributed by atoms with E-state index in [9.17, 15) is 8.42 Å². The summed E-state index contributed by atoms with van der Waals surface area (Å²) in [4.78, 5) is 0. The highest BCUT2D eigenvalue weighted by Gasteiger charge is 2.11. The van der Waals surface area contributed by atoms with E-state index < -0.39 is 10.4 Å². The summed E-state index contributed by atoms with van der Waals surface area (Å²) in [6.45, 7) is 4.50. The summed E-state index contributed by atoms with van der Waals surface area (Å²) >= 11 is 0. The first-order chi connectivity index (χ1) is 13.0. The second-order valence-corrected chi connectivity index (χ2v) is 8.81. The fourth-order valence-electron chi connectivity index (χ4n) is 3.28. The summed E-state index contributed by atoms with van der Waals surface area (Å²) in [5, 5.41) is 0. The molecule has 0 aliphatic rings. The molecule has 1 unspecified atom stereocenters. The van der Waals surface area contributed by atoms with Crippen LogP contribution >= 0.6 is 0 Å². The van der Waals surface area contributed by atoms with Crippen molar-refractivity contribution in [2.75, 3.05) is 6.61 Å². The van der Waals surface area contributed by atoms with Gasteiger partial charge in [-0.2, -0.15) is 8.42 Å². The maximum atomic E-state index is 10.8. The molecule has 0 rings (SSSR count). The lowest BCUT2D eigenvalue weighted by atomic mass is 9.99. The molecule has 4 nitrogen and oxygen atoms in total. The van der Waals surface area contributed by atoms with Gasteiger partial charge in [0.1, 0.15) is 0 Å². The van der Waals surface area contributed by atoms with Gasteiger partial charge in [-0.15, -0.1) is 0 Å². The van der Waals surface area contributed by atoms with Crippen molar-refractivity contribution in [1.29, 1.82) is 0 Å². The molecular formula is C22H44O4S. The quantitative estimate of drug-likeness (QED) is 0.132. The lowest BCUT2D eigenvalue weighted by Crippen LogP contribution is -2.12. The fraction of sp³-hybridized carbons (Fsp3) is 0.909. The van der Waals surface area contributed by atoms with E-state index in [1.165, 1.54) is 83.5 Å². The van der Waals surface area contributed by atoms with Gasteiger partial charge in [-0.25, -0.2) is 4.18 Å². The van der Waals surface area contributed by atoms with E-state index in [0.29, 0.717) is 0 Å². The molecular weight excluding hydrogens is 360 g/mol. The predicted octanol–water partition coefficient (Wildman–Crippen LogP) is 7.26. The van der Waals surface area contributed by atoms with Crippen molar-refractivity contribution in [2.24, 2.45) is 5.92 Å². The second kappa shape index (κ2) is 18.9. The van der Waals surface area contributed by atoms with Gasteiger partial charge in [0.25, 0.3) is 0 Å². The highest BCUT2D eigenvalue weighted by atomic mass is 32.3. The van der Waals surface area contributed by atoms with Gasteiger partial charge < -0.3 is 0 Å². The van der Waals surface area contributed by atoms with Crippen molar-refractivity contribution < 1.29 is 17.2 Å². The Morgan fingerprint density at radius 1 is 0.778 bits per heavy atom. The van der Waals surface area contributed by atoms with Gasteiger partial charge >= 0.3 is 10.4 Å². The van der Waals surface area contributed by atoms with Crippen LogP contribution in [0.2, 0.25) is 0 Å². The van der Waals surface area contributed by atoms with Crippen LogP contribution in [0, 0.1) is 5.92 Å². The molecule has 27 heavy (non-hydrogen) atoms. The Bertz CT molecular complexity index is 432. The minimum atomic E-state index is -4.35. The first kappa shape index (κ1) is 26.6. The first-order valence-electron chi connectivity index (χ1n) is 11.3. The molecule has 5 heteroatoms. The van der Waals surface area contributed by atoms with Crippen LogP contribution in [0.15, 0.2) is 12.2 Å². The van der Waals surface area contributed by atoms with E-state index in [1.54, 1.807) is 0 Å². The van der Waals surface area contributed by atoms with E-state index in [2.05, 4.69) is 30.2 Å². The van der Waals surface area contributed by atoms with E-state index in [0.717, 1.165) is 19.3 Å². The van der Waals surface area contributed by atoms with Crippen LogP contribution in [0.4, 0.5) is 0 Å². The third-order valence-corrected chi connectivity index (χ3v) is 5.43. The molecule has 0 radical (unpaired) electrons. The Labute approximate surface area is 169 Å². The Balaban J connectivity index is 3.95. The number of allylic oxidation sites excluding steroid dienone is 1. The van der Waals surface area contributed by atoms with Gasteiger partial charge in [0.15, 0.2) is 0 Å². The van der Waals surface area contributed by atoms with Gasteiger partial charge in [0.2, 0.25) is 0 Å². The molecule has 0 saturated heterocycles. The van der Waals surface area contributed by atoms with Crippen LogP contribution < -0.4 is 0 Å². The van der Waals surface area contributed by atoms with Crippen LogP contribution in [0.1, 0.15) is 117 Å². The third-order valence-electron chi connectivity index (χ3n) is 4.99. The lowest BCUT2D eigenvalue weighted by Gasteiger charge is -2.12. The Hall–Kier alpha value is -0.390. The van der Waals surface area contributed by atoms with Crippen LogP contribution in [-0.2, 0) is 14.6 Å². The van der Waals surface area contributed by atoms with Crippen LogP contribution in [0.3, 0.4) is 0 Å². The number of rotatable bonds is 20. The molecule has 0 aliphatic carbocycles. The molecule has 162 valence electrons. The van der Waals surface area contributed by atoms with Crippen LogP contribution in [0.25, 0.3) is 0 Å². The van der Waals surface area contributed by atoms with Crippen molar-refractivity contribution >= 4 is 10.4 Å². The zero-order valence-electron chi connectivity index (χ0n) is 17.8. The summed E-state index contributed by atoms with van der Waals surface area (Å²) in [6.07, 6.45) is 23.9. The van der Waals surface area contributed by atoms with E-state index in [4.69, 9.17) is 4.55 Å². The zero-order chi connectivity index (χ0) is 20.2. The zero-order valence-corrected chi connectivity index (χ0v) is 18.6. The van der Waals surface area contributed by atoms with E-state index in [-0.39, 0.29) is 12.5 Å². The smallest absolute Gasteiger partial charge is 0.264 e. The summed E-state index contributed by atoms with van der Waals surface area (Å²) in [6, 6.07) is 0. The molecule has 0 aromatic rings. The molecule has 0 aliphatic heterocycles. The minimum Gasteiger partial charge on any atom is -0.264 e. The summed E-state index contributed by atoms with van der Waals surface area (Å²) in [5.74, 6) is 0.0621. The molecule has 0 fully saturated rings. The average molecular weight is 405 g/mol. The highest BCUT2D eigenvalue weighted by Crippen LogP contribution is 2.16. The fourth-order valence-corrected chi connectivity index (χ4v) is 3.63. The van der Waals surface area contributed by atoms with E-state index >= 15 is 0 Å². The Morgan fingerprint density at radius 2 is 1.26 bits per heavy atom. The van der Waals surface area contributed by atoms with Gasteiger partial charge in [-0.3, -0.25) is 4.55 Å². The standard InChI is InChI=1S/C22H44O4S/c1-3-5-7-9-11-12-14-16-18-20-22(21-26-27(23,24)25)19-17-15-13-10-8-6-4-2/h17,19,22H,3-16,18,20-21H2,1-2H3,(H,23,24,25)/b19-17+. The number of hydrogen-bond donors (Lipinski definition) is 1. The van der Waals surface area contributed by atoms with Gasteiger partial charge in [-0.1, -0.05) is 109 Å². The molecule has 0 heterocycles. The maximum absolute atomic E-state index is 10.8. The maximum Gasteiger partial charge on any atom is 0.397 e. The average Bonchev–Trinajstić information content (AvgIpc) is 2.62. The molecule has 0 amide bonds. The lowest BCUT2D eigenvalue weighted by molar-refractivity contribution is 0.234. The molecule has 0 aromatic heterocycles. The van der Waals surface area contributed by atoms with Crippen LogP contribution in [0.5, 0.6) is 0 Å².